The molecule has 1 atom stereocenters. The summed E-state index contributed by atoms with van der Waals surface area (Å²) in [4.78, 5) is 9.84. The maximum atomic E-state index is 4.96. The topological polar surface area (TPSA) is 18.8 Å². The summed E-state index contributed by atoms with van der Waals surface area (Å²) >= 11 is 0. The van der Waals surface area contributed by atoms with Crippen molar-refractivity contribution in [1.82, 2.24) is 9.80 Å². The van der Waals surface area contributed by atoms with Gasteiger partial charge in [0.05, 0.1) is 11.7 Å². The van der Waals surface area contributed by atoms with Gasteiger partial charge in [0.25, 0.3) is 0 Å². The van der Waals surface area contributed by atoms with Crippen LogP contribution in [0.15, 0.2) is 59.6 Å². The Balaban J connectivity index is 1.88. The number of rotatable bonds is 2. The summed E-state index contributed by atoms with van der Waals surface area (Å²) in [6.07, 6.45) is 1.19. The fourth-order valence-electron chi connectivity index (χ4n) is 3.58. The van der Waals surface area contributed by atoms with Crippen molar-refractivity contribution in [2.24, 2.45) is 4.99 Å². The number of hydrogen-bond donors (Lipinski definition) is 0. The van der Waals surface area contributed by atoms with Crippen LogP contribution in [0.2, 0.25) is 0 Å². The van der Waals surface area contributed by atoms with Gasteiger partial charge in [-0.25, -0.2) is 4.99 Å². The van der Waals surface area contributed by atoms with E-state index < -0.39 is 0 Å². The Labute approximate surface area is 131 Å². The van der Waals surface area contributed by atoms with Gasteiger partial charge in [0.1, 0.15) is 0 Å². The van der Waals surface area contributed by atoms with E-state index in [1.54, 1.807) is 0 Å². The lowest BCUT2D eigenvalue weighted by Gasteiger charge is -2.45. The van der Waals surface area contributed by atoms with Crippen LogP contribution in [0.5, 0.6) is 0 Å². The second kappa shape index (κ2) is 5.48. The van der Waals surface area contributed by atoms with Crippen molar-refractivity contribution in [3.63, 3.8) is 0 Å². The molecule has 0 N–H and O–H groups in total. The van der Waals surface area contributed by atoms with Crippen molar-refractivity contribution < 1.29 is 0 Å². The molecule has 1 fully saturated rings. The van der Waals surface area contributed by atoms with Crippen LogP contribution >= 0.6 is 0 Å². The number of guanidine groups is 1. The average Bonchev–Trinajstić information content (AvgIpc) is 2.60. The van der Waals surface area contributed by atoms with E-state index in [9.17, 15) is 0 Å². The third kappa shape index (κ3) is 2.08. The Morgan fingerprint density at radius 1 is 1.00 bits per heavy atom. The maximum absolute atomic E-state index is 4.96. The van der Waals surface area contributed by atoms with Crippen molar-refractivity contribution in [3.8, 4) is 0 Å². The van der Waals surface area contributed by atoms with Crippen molar-refractivity contribution in [1.29, 1.82) is 0 Å². The van der Waals surface area contributed by atoms with E-state index in [-0.39, 0.29) is 6.04 Å². The lowest BCUT2D eigenvalue weighted by atomic mass is 9.93. The van der Waals surface area contributed by atoms with E-state index in [0.717, 1.165) is 31.3 Å². The molecule has 0 bridgehead atoms. The number of benzene rings is 2. The predicted molar refractivity (Wildman–Crippen MR) is 90.4 cm³/mol. The molecule has 0 saturated carbocycles. The summed E-state index contributed by atoms with van der Waals surface area (Å²) in [6, 6.07) is 19.6. The highest BCUT2D eigenvalue weighted by Crippen LogP contribution is 2.40. The minimum Gasteiger partial charge on any atom is -0.343 e. The fraction of sp³-hybridized carbons (Fsp3) is 0.316. The zero-order chi connectivity index (χ0) is 14.9. The first kappa shape index (κ1) is 13.4. The highest BCUT2D eigenvalue weighted by molar-refractivity contribution is 5.87. The molecule has 2 aliphatic heterocycles. The molecule has 0 aliphatic carbocycles. The van der Waals surface area contributed by atoms with E-state index in [4.69, 9.17) is 4.99 Å². The SMILES string of the molecule is CCN1CCCN2C1=Nc1ccccc1C2c1ccccc1. The van der Waals surface area contributed by atoms with Crippen molar-refractivity contribution >= 4 is 11.6 Å². The zero-order valence-corrected chi connectivity index (χ0v) is 12.9. The zero-order valence-electron chi connectivity index (χ0n) is 12.9. The van der Waals surface area contributed by atoms with Gasteiger partial charge in [-0.05, 0) is 25.0 Å². The second-order valence-corrected chi connectivity index (χ2v) is 5.91. The summed E-state index contributed by atoms with van der Waals surface area (Å²) in [5.41, 5.74) is 3.78. The van der Waals surface area contributed by atoms with Gasteiger partial charge < -0.3 is 9.80 Å². The molecule has 0 aromatic heterocycles. The Morgan fingerprint density at radius 3 is 2.59 bits per heavy atom. The molecule has 0 amide bonds. The summed E-state index contributed by atoms with van der Waals surface area (Å²) in [7, 11) is 0. The molecule has 1 unspecified atom stereocenters. The summed E-state index contributed by atoms with van der Waals surface area (Å²) in [5.74, 6) is 1.14. The molecule has 22 heavy (non-hydrogen) atoms. The number of nitrogens with zero attached hydrogens (tertiary/aromatic N) is 3. The standard InChI is InChI=1S/C19H21N3/c1-2-21-13-8-14-22-18(15-9-4-3-5-10-15)16-11-6-7-12-17(16)20-19(21)22/h3-7,9-12,18H,2,8,13-14H2,1H3. The Morgan fingerprint density at radius 2 is 1.77 bits per heavy atom. The van der Waals surface area contributed by atoms with E-state index in [1.807, 2.05) is 0 Å². The molecule has 2 heterocycles. The van der Waals surface area contributed by atoms with Crippen molar-refractivity contribution in [3.05, 3.63) is 65.7 Å². The lowest BCUT2D eigenvalue weighted by Crippen LogP contribution is -2.52. The van der Waals surface area contributed by atoms with E-state index in [2.05, 4.69) is 71.3 Å². The minimum atomic E-state index is 0.277. The molecule has 4 rings (SSSR count). The number of hydrogen-bond acceptors (Lipinski definition) is 3. The van der Waals surface area contributed by atoms with E-state index in [0.29, 0.717) is 0 Å². The first-order valence-corrected chi connectivity index (χ1v) is 8.12. The average molecular weight is 291 g/mol. The van der Waals surface area contributed by atoms with Gasteiger partial charge in [-0.3, -0.25) is 0 Å². The van der Waals surface area contributed by atoms with Crippen LogP contribution in [0.1, 0.15) is 30.5 Å². The van der Waals surface area contributed by atoms with Crippen LogP contribution in [0.3, 0.4) is 0 Å². The van der Waals surface area contributed by atoms with Crippen LogP contribution in [0.25, 0.3) is 0 Å². The van der Waals surface area contributed by atoms with Gasteiger partial charge in [0.15, 0.2) is 0 Å². The largest absolute Gasteiger partial charge is 0.343 e. The Bertz CT molecular complexity index is 693. The molecule has 2 aliphatic rings. The first-order valence-electron chi connectivity index (χ1n) is 8.12. The van der Waals surface area contributed by atoms with Gasteiger partial charge in [-0.1, -0.05) is 48.5 Å². The molecule has 3 nitrogen and oxygen atoms in total. The molecule has 112 valence electrons. The molecule has 0 spiro atoms. The maximum Gasteiger partial charge on any atom is 0.202 e. The normalized spacial score (nSPS) is 20.2. The minimum absolute atomic E-state index is 0.277. The van der Waals surface area contributed by atoms with Gasteiger partial charge >= 0.3 is 0 Å². The lowest BCUT2D eigenvalue weighted by molar-refractivity contribution is 0.230. The van der Waals surface area contributed by atoms with Crippen LogP contribution in [0.4, 0.5) is 5.69 Å². The Hall–Kier alpha value is -2.29. The van der Waals surface area contributed by atoms with Crippen LogP contribution in [0, 0.1) is 0 Å². The van der Waals surface area contributed by atoms with Crippen LogP contribution in [-0.4, -0.2) is 35.4 Å². The number of fused-ring (bicyclic) bond motifs is 2. The van der Waals surface area contributed by atoms with Gasteiger partial charge in [0, 0.05) is 25.2 Å². The third-order valence-electron chi connectivity index (χ3n) is 4.63. The van der Waals surface area contributed by atoms with Crippen molar-refractivity contribution in [2.75, 3.05) is 19.6 Å². The molecule has 0 radical (unpaired) electrons. The number of aliphatic imine (C=N–C) groups is 1. The fourth-order valence-corrected chi connectivity index (χ4v) is 3.58. The highest BCUT2D eigenvalue weighted by Gasteiger charge is 2.35. The van der Waals surface area contributed by atoms with E-state index in [1.165, 1.54) is 17.5 Å². The third-order valence-corrected chi connectivity index (χ3v) is 4.63. The summed E-state index contributed by atoms with van der Waals surface area (Å²) in [5, 5.41) is 0. The predicted octanol–water partition coefficient (Wildman–Crippen LogP) is 3.80. The molecular formula is C19H21N3. The molecule has 1 saturated heterocycles. The molecular weight excluding hydrogens is 270 g/mol. The Kier molecular flexibility index (Phi) is 3.34. The smallest absolute Gasteiger partial charge is 0.202 e. The molecule has 2 aromatic carbocycles. The summed E-state index contributed by atoms with van der Waals surface area (Å²) in [6.45, 7) is 5.40. The number of para-hydroxylation sites is 1. The molecule has 2 aromatic rings. The quantitative estimate of drug-likeness (QED) is 0.838. The monoisotopic (exact) mass is 291 g/mol. The first-order chi connectivity index (χ1) is 10.9. The highest BCUT2D eigenvalue weighted by atomic mass is 15.4. The van der Waals surface area contributed by atoms with Crippen molar-refractivity contribution in [2.45, 2.75) is 19.4 Å². The summed E-state index contributed by atoms with van der Waals surface area (Å²) < 4.78 is 0. The van der Waals surface area contributed by atoms with Crippen LogP contribution < -0.4 is 0 Å². The van der Waals surface area contributed by atoms with Gasteiger partial charge in [-0.15, -0.1) is 0 Å². The second-order valence-electron chi connectivity index (χ2n) is 5.91. The van der Waals surface area contributed by atoms with E-state index >= 15 is 0 Å². The molecule has 3 heteroatoms. The van der Waals surface area contributed by atoms with Gasteiger partial charge in [0.2, 0.25) is 5.96 Å². The van der Waals surface area contributed by atoms with Crippen LogP contribution in [-0.2, 0) is 0 Å². The van der Waals surface area contributed by atoms with Gasteiger partial charge in [-0.2, -0.15) is 0 Å².